The summed E-state index contributed by atoms with van der Waals surface area (Å²) in [5, 5.41) is 5.90. The number of nitrogens with one attached hydrogen (secondary N) is 2. The lowest BCUT2D eigenvalue weighted by Crippen LogP contribution is -2.38. The predicted molar refractivity (Wildman–Crippen MR) is 119 cm³/mol. The van der Waals surface area contributed by atoms with Crippen molar-refractivity contribution in [3.63, 3.8) is 0 Å². The van der Waals surface area contributed by atoms with Gasteiger partial charge < -0.3 is 21.3 Å². The molecule has 3 amide bonds. The highest BCUT2D eigenvalue weighted by Crippen LogP contribution is 2.20. The second-order valence-corrected chi connectivity index (χ2v) is 6.99. The van der Waals surface area contributed by atoms with Gasteiger partial charge in [-0.15, -0.1) is 0 Å². The number of carbonyl (C=O) groups excluding carboxylic acids is 3. The number of amides is 3. The van der Waals surface area contributed by atoms with Crippen molar-refractivity contribution in [3.8, 4) is 0 Å². The molecule has 0 bridgehead atoms. The Morgan fingerprint density at radius 3 is 2.65 bits per heavy atom. The molecule has 2 aromatic rings. The monoisotopic (exact) mass is 424 g/mol. The van der Waals surface area contributed by atoms with Gasteiger partial charge in [-0.25, -0.2) is 9.97 Å². The van der Waals surface area contributed by atoms with E-state index in [0.29, 0.717) is 25.2 Å². The molecule has 0 spiro atoms. The van der Waals surface area contributed by atoms with Crippen LogP contribution in [-0.2, 0) is 22.4 Å². The molecule has 0 saturated heterocycles. The molecule has 0 radical (unpaired) electrons. The molecule has 0 atom stereocenters. The van der Waals surface area contributed by atoms with Crippen LogP contribution in [0.2, 0.25) is 0 Å². The van der Waals surface area contributed by atoms with Crippen molar-refractivity contribution in [1.82, 2.24) is 20.2 Å². The first kappa shape index (κ1) is 23.5. The summed E-state index contributed by atoms with van der Waals surface area (Å²) in [5.74, 6) is -0.902. The Bertz CT molecular complexity index is 989. The van der Waals surface area contributed by atoms with Gasteiger partial charge in [-0.2, -0.15) is 0 Å². The molecule has 0 aliphatic heterocycles. The van der Waals surface area contributed by atoms with Crippen LogP contribution in [0, 0.1) is 6.92 Å². The van der Waals surface area contributed by atoms with E-state index >= 15 is 0 Å². The van der Waals surface area contributed by atoms with Crippen molar-refractivity contribution in [2.24, 2.45) is 5.73 Å². The Labute approximate surface area is 181 Å². The molecule has 1 aromatic carbocycles. The minimum Gasteiger partial charge on any atom is -0.364 e. The highest BCUT2D eigenvalue weighted by Gasteiger charge is 2.15. The zero-order valence-corrected chi connectivity index (χ0v) is 18.1. The number of likely N-dealkylation sites (N-methyl/N-ethyl adjacent to an activating group) is 1. The Morgan fingerprint density at radius 2 is 2.00 bits per heavy atom. The summed E-state index contributed by atoms with van der Waals surface area (Å²) >= 11 is 0. The fourth-order valence-corrected chi connectivity index (χ4v) is 2.94. The Balaban J connectivity index is 2.02. The molecule has 9 nitrogen and oxygen atoms in total. The maximum Gasteiger partial charge on any atom is 0.271 e. The lowest BCUT2D eigenvalue weighted by atomic mass is 10.1. The van der Waals surface area contributed by atoms with Gasteiger partial charge in [0, 0.05) is 19.3 Å². The highest BCUT2D eigenvalue weighted by molar-refractivity contribution is 5.96. The number of carbonyl (C=O) groups is 3. The third-order valence-corrected chi connectivity index (χ3v) is 4.59. The van der Waals surface area contributed by atoms with Crippen molar-refractivity contribution in [2.45, 2.75) is 26.7 Å². The molecule has 0 aliphatic rings. The van der Waals surface area contributed by atoms with Crippen LogP contribution in [0.15, 0.2) is 36.9 Å². The van der Waals surface area contributed by atoms with E-state index in [1.807, 2.05) is 38.1 Å². The number of hydrogen-bond donors (Lipinski definition) is 3. The molecule has 2 rings (SSSR count). The van der Waals surface area contributed by atoms with Gasteiger partial charge in [-0.3, -0.25) is 14.4 Å². The summed E-state index contributed by atoms with van der Waals surface area (Å²) in [4.78, 5) is 45.3. The standard InChI is InChI=1S/C22H28N6O3/c1-5-17-14(3)25-22(20(27-17)21(23)31)26-16-9-7-8-15(12-16)10-11-24-18(29)13-28(4)19(30)6-2/h6-9,12H,2,5,10-11,13H2,1,3-4H3,(H2,23,31)(H,24,29)(H,25,26). The molecule has 0 fully saturated rings. The second-order valence-electron chi connectivity index (χ2n) is 6.99. The van der Waals surface area contributed by atoms with Gasteiger partial charge in [-0.1, -0.05) is 25.6 Å². The summed E-state index contributed by atoms with van der Waals surface area (Å²) in [6, 6.07) is 7.53. The molecular weight excluding hydrogens is 396 g/mol. The van der Waals surface area contributed by atoms with E-state index in [1.54, 1.807) is 0 Å². The van der Waals surface area contributed by atoms with Crippen LogP contribution in [0.1, 0.15) is 34.4 Å². The Hall–Kier alpha value is -3.75. The summed E-state index contributed by atoms with van der Waals surface area (Å²) < 4.78 is 0. The fourth-order valence-electron chi connectivity index (χ4n) is 2.94. The van der Waals surface area contributed by atoms with Crippen molar-refractivity contribution in [2.75, 3.05) is 25.5 Å². The highest BCUT2D eigenvalue weighted by atomic mass is 16.2. The van der Waals surface area contributed by atoms with Gasteiger partial charge in [0.15, 0.2) is 11.5 Å². The predicted octanol–water partition coefficient (Wildman–Crippen LogP) is 1.49. The minimum atomic E-state index is -0.650. The Kier molecular flexibility index (Phi) is 8.25. The van der Waals surface area contributed by atoms with Crippen LogP contribution >= 0.6 is 0 Å². The van der Waals surface area contributed by atoms with Crippen LogP contribution in [0.5, 0.6) is 0 Å². The number of primary amides is 1. The van der Waals surface area contributed by atoms with Gasteiger partial charge in [0.05, 0.1) is 17.9 Å². The van der Waals surface area contributed by atoms with Crippen LogP contribution in [0.4, 0.5) is 11.5 Å². The molecule has 164 valence electrons. The summed E-state index contributed by atoms with van der Waals surface area (Å²) in [6.07, 6.45) is 2.40. The van der Waals surface area contributed by atoms with Gasteiger partial charge in [0.25, 0.3) is 5.91 Å². The zero-order valence-electron chi connectivity index (χ0n) is 18.1. The quantitative estimate of drug-likeness (QED) is 0.496. The number of hydrogen-bond acceptors (Lipinski definition) is 6. The number of anilines is 2. The van der Waals surface area contributed by atoms with Crippen LogP contribution in [0.3, 0.4) is 0 Å². The molecule has 31 heavy (non-hydrogen) atoms. The summed E-state index contributed by atoms with van der Waals surface area (Å²) in [5.41, 5.74) is 8.72. The molecule has 9 heteroatoms. The molecule has 1 heterocycles. The number of nitrogens with zero attached hydrogens (tertiary/aromatic N) is 3. The van der Waals surface area contributed by atoms with E-state index < -0.39 is 5.91 Å². The first-order valence-electron chi connectivity index (χ1n) is 9.92. The van der Waals surface area contributed by atoms with Crippen LogP contribution in [-0.4, -0.2) is 52.7 Å². The molecule has 0 saturated carbocycles. The third kappa shape index (κ3) is 6.63. The minimum absolute atomic E-state index is 0.0336. The first-order valence-corrected chi connectivity index (χ1v) is 9.92. The smallest absolute Gasteiger partial charge is 0.271 e. The molecule has 4 N–H and O–H groups in total. The van der Waals surface area contributed by atoms with E-state index in [9.17, 15) is 14.4 Å². The number of nitrogens with two attached hydrogens (primary N) is 1. The lowest BCUT2D eigenvalue weighted by Gasteiger charge is -2.15. The average molecular weight is 425 g/mol. The van der Waals surface area contributed by atoms with Crippen molar-refractivity contribution < 1.29 is 14.4 Å². The SMILES string of the molecule is C=CC(=O)N(C)CC(=O)NCCc1cccc(Nc2nc(C)c(CC)nc2C(N)=O)c1. The maximum atomic E-state index is 11.9. The van der Waals surface area contributed by atoms with Crippen LogP contribution < -0.4 is 16.4 Å². The zero-order chi connectivity index (χ0) is 23.0. The van der Waals surface area contributed by atoms with Gasteiger partial charge in [0.2, 0.25) is 11.8 Å². The van der Waals surface area contributed by atoms with Crippen molar-refractivity contribution in [3.05, 3.63) is 59.6 Å². The number of rotatable bonds is 10. The largest absolute Gasteiger partial charge is 0.364 e. The third-order valence-electron chi connectivity index (χ3n) is 4.59. The van der Waals surface area contributed by atoms with E-state index in [2.05, 4.69) is 27.2 Å². The number of aryl methyl sites for hydroxylation is 2. The van der Waals surface area contributed by atoms with E-state index in [-0.39, 0.29) is 24.1 Å². The van der Waals surface area contributed by atoms with E-state index in [0.717, 1.165) is 28.7 Å². The van der Waals surface area contributed by atoms with Crippen molar-refractivity contribution >= 4 is 29.2 Å². The summed E-state index contributed by atoms with van der Waals surface area (Å²) in [6.45, 7) is 7.54. The average Bonchev–Trinajstić information content (AvgIpc) is 2.73. The van der Waals surface area contributed by atoms with Crippen LogP contribution in [0.25, 0.3) is 0 Å². The molecular formula is C22H28N6O3. The second kappa shape index (κ2) is 10.9. The lowest BCUT2D eigenvalue weighted by molar-refractivity contribution is -0.131. The molecule has 1 aromatic heterocycles. The first-order chi connectivity index (χ1) is 14.7. The topological polar surface area (TPSA) is 130 Å². The normalized spacial score (nSPS) is 10.3. The number of benzene rings is 1. The summed E-state index contributed by atoms with van der Waals surface area (Å²) in [7, 11) is 1.54. The Morgan fingerprint density at radius 1 is 1.26 bits per heavy atom. The van der Waals surface area contributed by atoms with E-state index in [4.69, 9.17) is 5.73 Å². The van der Waals surface area contributed by atoms with Gasteiger partial charge >= 0.3 is 0 Å². The maximum absolute atomic E-state index is 11.9. The van der Waals surface area contributed by atoms with E-state index in [1.165, 1.54) is 11.9 Å². The van der Waals surface area contributed by atoms with Crippen molar-refractivity contribution in [1.29, 1.82) is 0 Å². The number of aromatic nitrogens is 2. The molecule has 0 unspecified atom stereocenters. The van der Waals surface area contributed by atoms with Gasteiger partial charge in [-0.05, 0) is 43.5 Å². The van der Waals surface area contributed by atoms with Gasteiger partial charge in [0.1, 0.15) is 0 Å². The fraction of sp³-hybridized carbons (Fsp3) is 0.318. The molecule has 0 aliphatic carbocycles.